The summed E-state index contributed by atoms with van der Waals surface area (Å²) in [5, 5.41) is 3.37. The second kappa shape index (κ2) is 9.65. The Hall–Kier alpha value is -1.73. The summed E-state index contributed by atoms with van der Waals surface area (Å²) in [5.41, 5.74) is 2.48. The summed E-state index contributed by atoms with van der Waals surface area (Å²) in [5.74, 6) is -0.0386. The van der Waals surface area contributed by atoms with Crippen LogP contribution in [0.1, 0.15) is 16.8 Å². The van der Waals surface area contributed by atoms with Crippen molar-refractivity contribution in [2.45, 2.75) is 6.42 Å². The van der Waals surface area contributed by atoms with Gasteiger partial charge in [0.1, 0.15) is 0 Å². The first-order valence-corrected chi connectivity index (χ1v) is 10.9. The quantitative estimate of drug-likeness (QED) is 0.429. The lowest BCUT2D eigenvalue weighted by Gasteiger charge is -2.21. The highest BCUT2D eigenvalue weighted by Crippen LogP contribution is 2.29. The van der Waals surface area contributed by atoms with Crippen LogP contribution in [0.2, 0.25) is 5.02 Å². The second-order valence-corrected chi connectivity index (χ2v) is 8.83. The minimum Gasteiger partial charge on any atom is -0.309 e. The first-order valence-electron chi connectivity index (χ1n) is 8.87. The average molecular weight is 479 g/mol. The normalized spacial score (nSPS) is 11.0. The molecule has 7 heteroatoms. The van der Waals surface area contributed by atoms with Crippen LogP contribution < -0.4 is 4.90 Å². The lowest BCUT2D eigenvalue weighted by atomic mass is 10.2. The molecule has 2 aromatic carbocycles. The number of anilines is 1. The number of thiazole rings is 1. The number of carbonyl (C=O) groups excluding carboxylic acids is 1. The number of aromatic nitrogens is 1. The van der Waals surface area contributed by atoms with E-state index in [9.17, 15) is 4.79 Å². The molecule has 0 aliphatic carbocycles. The molecule has 1 aromatic heterocycles. The standard InChI is InChI=1S/C21H21BrClN3OS/c1-25(2)12-3-13-26(20(27)16-4-8-17(22)9-5-16)21-24-19(14-28-21)15-6-10-18(23)11-7-15/h4-11,14H,3,12-13H2,1-2H3. The third-order valence-electron chi connectivity index (χ3n) is 4.19. The molecule has 3 rings (SSSR count). The van der Waals surface area contributed by atoms with E-state index >= 15 is 0 Å². The molecule has 0 atom stereocenters. The molecule has 0 saturated heterocycles. The zero-order valence-electron chi connectivity index (χ0n) is 15.7. The number of nitrogens with zero attached hydrogens (tertiary/aromatic N) is 3. The van der Waals surface area contributed by atoms with Crippen molar-refractivity contribution in [1.82, 2.24) is 9.88 Å². The van der Waals surface area contributed by atoms with Gasteiger partial charge in [0.25, 0.3) is 5.91 Å². The number of rotatable bonds is 7. The number of hydrogen-bond acceptors (Lipinski definition) is 4. The number of hydrogen-bond donors (Lipinski definition) is 0. The molecule has 1 heterocycles. The van der Waals surface area contributed by atoms with Crippen molar-refractivity contribution in [3.63, 3.8) is 0 Å². The number of halogens is 2. The van der Waals surface area contributed by atoms with Gasteiger partial charge in [-0.15, -0.1) is 11.3 Å². The number of benzene rings is 2. The molecule has 0 bridgehead atoms. The van der Waals surface area contributed by atoms with E-state index < -0.39 is 0 Å². The van der Waals surface area contributed by atoms with Gasteiger partial charge in [0, 0.05) is 32.5 Å². The zero-order chi connectivity index (χ0) is 20.1. The molecule has 0 saturated carbocycles. The van der Waals surface area contributed by atoms with Crippen molar-refractivity contribution >= 4 is 49.9 Å². The average Bonchev–Trinajstić information content (AvgIpc) is 3.15. The van der Waals surface area contributed by atoms with Crippen molar-refractivity contribution in [1.29, 1.82) is 0 Å². The van der Waals surface area contributed by atoms with Crippen molar-refractivity contribution in [2.24, 2.45) is 0 Å². The SMILES string of the molecule is CN(C)CCCN(C(=O)c1ccc(Br)cc1)c1nc(-c2ccc(Cl)cc2)cs1. The van der Waals surface area contributed by atoms with Crippen molar-refractivity contribution in [3.8, 4) is 11.3 Å². The zero-order valence-corrected chi connectivity index (χ0v) is 18.9. The van der Waals surface area contributed by atoms with Crippen molar-refractivity contribution in [3.05, 3.63) is 69.0 Å². The molecule has 1 amide bonds. The summed E-state index contributed by atoms with van der Waals surface area (Å²) >= 11 is 10.9. The van der Waals surface area contributed by atoms with E-state index in [1.54, 1.807) is 4.90 Å². The predicted molar refractivity (Wildman–Crippen MR) is 122 cm³/mol. The van der Waals surface area contributed by atoms with E-state index in [2.05, 4.69) is 20.8 Å². The molecular weight excluding hydrogens is 458 g/mol. The Morgan fingerprint density at radius 2 is 1.75 bits per heavy atom. The van der Waals surface area contributed by atoms with Gasteiger partial charge in [-0.2, -0.15) is 0 Å². The fraction of sp³-hybridized carbons (Fsp3) is 0.238. The predicted octanol–water partition coefficient (Wildman–Crippen LogP) is 5.82. The van der Waals surface area contributed by atoms with Gasteiger partial charge in [-0.1, -0.05) is 39.7 Å². The second-order valence-electron chi connectivity index (χ2n) is 6.64. The van der Waals surface area contributed by atoms with Gasteiger partial charge in [-0.05, 0) is 63.5 Å². The molecule has 0 aliphatic heterocycles. The minimum absolute atomic E-state index is 0.0386. The van der Waals surface area contributed by atoms with E-state index in [-0.39, 0.29) is 5.91 Å². The lowest BCUT2D eigenvalue weighted by molar-refractivity contribution is 0.0986. The maximum Gasteiger partial charge on any atom is 0.260 e. The topological polar surface area (TPSA) is 36.4 Å². The fourth-order valence-electron chi connectivity index (χ4n) is 2.72. The third kappa shape index (κ3) is 5.41. The molecule has 0 fully saturated rings. The molecule has 0 spiro atoms. The molecule has 0 unspecified atom stereocenters. The van der Waals surface area contributed by atoms with Crippen LogP contribution >= 0.6 is 38.9 Å². The van der Waals surface area contributed by atoms with E-state index in [1.807, 2.05) is 68.0 Å². The molecule has 4 nitrogen and oxygen atoms in total. The molecule has 0 aliphatic rings. The minimum atomic E-state index is -0.0386. The first-order chi connectivity index (χ1) is 13.4. The van der Waals surface area contributed by atoms with Crippen LogP contribution in [0.25, 0.3) is 11.3 Å². The van der Waals surface area contributed by atoms with Gasteiger partial charge < -0.3 is 4.90 Å². The molecule has 0 radical (unpaired) electrons. The van der Waals surface area contributed by atoms with Crippen molar-refractivity contribution < 1.29 is 4.79 Å². The van der Waals surface area contributed by atoms with Crippen molar-refractivity contribution in [2.75, 3.05) is 32.1 Å². The van der Waals surface area contributed by atoms with E-state index in [1.165, 1.54) is 11.3 Å². The fourth-order valence-corrected chi connectivity index (χ4v) is 3.97. The van der Waals surface area contributed by atoms with Crippen LogP contribution in [0.3, 0.4) is 0 Å². The molecule has 28 heavy (non-hydrogen) atoms. The Balaban J connectivity index is 1.86. The summed E-state index contributed by atoms with van der Waals surface area (Å²) < 4.78 is 0.947. The monoisotopic (exact) mass is 477 g/mol. The highest BCUT2D eigenvalue weighted by molar-refractivity contribution is 9.10. The van der Waals surface area contributed by atoms with Gasteiger partial charge in [0.2, 0.25) is 0 Å². The van der Waals surface area contributed by atoms with E-state index in [4.69, 9.17) is 16.6 Å². The summed E-state index contributed by atoms with van der Waals surface area (Å²) in [6.07, 6.45) is 0.866. The molecular formula is C21H21BrClN3OS. The summed E-state index contributed by atoms with van der Waals surface area (Å²) in [6, 6.07) is 15.0. The van der Waals surface area contributed by atoms with Gasteiger partial charge >= 0.3 is 0 Å². The van der Waals surface area contributed by atoms with Gasteiger partial charge in [0.05, 0.1) is 5.69 Å². The van der Waals surface area contributed by atoms with Gasteiger partial charge in [0.15, 0.2) is 5.13 Å². The smallest absolute Gasteiger partial charge is 0.260 e. The first kappa shape index (κ1) is 21.0. The highest BCUT2D eigenvalue weighted by Gasteiger charge is 2.21. The van der Waals surface area contributed by atoms with Crippen LogP contribution in [0.4, 0.5) is 5.13 Å². The summed E-state index contributed by atoms with van der Waals surface area (Å²) in [6.45, 7) is 1.51. The van der Waals surface area contributed by atoms with E-state index in [0.717, 1.165) is 28.7 Å². The van der Waals surface area contributed by atoms with Gasteiger partial charge in [-0.25, -0.2) is 4.98 Å². The van der Waals surface area contributed by atoms with E-state index in [0.29, 0.717) is 22.3 Å². The Morgan fingerprint density at radius 3 is 2.39 bits per heavy atom. The van der Waals surface area contributed by atoms with Crippen LogP contribution in [-0.2, 0) is 0 Å². The Morgan fingerprint density at radius 1 is 1.07 bits per heavy atom. The summed E-state index contributed by atoms with van der Waals surface area (Å²) in [7, 11) is 4.06. The van der Waals surface area contributed by atoms with Crippen LogP contribution in [-0.4, -0.2) is 43.0 Å². The molecule has 0 N–H and O–H groups in total. The number of carbonyl (C=O) groups is 1. The lowest BCUT2D eigenvalue weighted by Crippen LogP contribution is -2.33. The largest absolute Gasteiger partial charge is 0.309 e. The van der Waals surface area contributed by atoms with Crippen LogP contribution in [0, 0.1) is 0 Å². The maximum absolute atomic E-state index is 13.2. The maximum atomic E-state index is 13.2. The Bertz CT molecular complexity index is 926. The molecule has 3 aromatic rings. The van der Waals surface area contributed by atoms with Gasteiger partial charge in [-0.3, -0.25) is 9.69 Å². The number of amides is 1. The van der Waals surface area contributed by atoms with Crippen LogP contribution in [0.5, 0.6) is 0 Å². The Kier molecular flexibility index (Phi) is 7.24. The summed E-state index contributed by atoms with van der Waals surface area (Å²) in [4.78, 5) is 21.8. The molecule has 146 valence electrons. The van der Waals surface area contributed by atoms with Crippen LogP contribution in [0.15, 0.2) is 58.4 Å². The highest BCUT2D eigenvalue weighted by atomic mass is 79.9. The third-order valence-corrected chi connectivity index (χ3v) is 5.83. The Labute approximate surface area is 182 Å².